The van der Waals surface area contributed by atoms with Crippen LogP contribution in [0.5, 0.6) is 0 Å². The van der Waals surface area contributed by atoms with Crippen molar-refractivity contribution in [2.75, 3.05) is 0 Å². The Morgan fingerprint density at radius 2 is 2.09 bits per heavy atom. The molecular formula is C14H23N3O5. The zero-order valence-electron chi connectivity index (χ0n) is 12.7. The first-order valence-electron chi connectivity index (χ1n) is 7.45. The van der Waals surface area contributed by atoms with Crippen molar-refractivity contribution >= 4 is 0 Å². The van der Waals surface area contributed by atoms with Crippen LogP contribution in [-0.2, 0) is 11.3 Å². The monoisotopic (exact) mass is 313 g/mol. The molecule has 0 aromatic carbocycles. The summed E-state index contributed by atoms with van der Waals surface area (Å²) >= 11 is 0. The molecule has 0 radical (unpaired) electrons. The fraction of sp³-hybridized carbons (Fsp3) is 0.714. The minimum Gasteiger partial charge on any atom is -0.388 e. The zero-order chi connectivity index (χ0) is 16.4. The number of aliphatic hydroxyl groups excluding tert-OH is 2. The third-order valence-corrected chi connectivity index (χ3v) is 4.20. The van der Waals surface area contributed by atoms with E-state index in [0.29, 0.717) is 12.3 Å². The molecule has 1 aromatic heterocycles. The minimum absolute atomic E-state index is 0.0444. The van der Waals surface area contributed by atoms with Crippen LogP contribution in [0.4, 0.5) is 0 Å². The Labute approximate surface area is 127 Å². The van der Waals surface area contributed by atoms with Crippen LogP contribution in [0.2, 0.25) is 0 Å². The molecule has 8 nitrogen and oxygen atoms in total. The highest BCUT2D eigenvalue weighted by Gasteiger charge is 2.44. The lowest BCUT2D eigenvalue weighted by Crippen LogP contribution is -2.39. The van der Waals surface area contributed by atoms with Gasteiger partial charge >= 0.3 is 5.69 Å². The van der Waals surface area contributed by atoms with Gasteiger partial charge in [0, 0.05) is 18.3 Å². The summed E-state index contributed by atoms with van der Waals surface area (Å²) in [6.45, 7) is 4.01. The van der Waals surface area contributed by atoms with Crippen LogP contribution in [0, 0.1) is 5.92 Å². The lowest BCUT2D eigenvalue weighted by molar-refractivity contribution is -0.0455. The highest BCUT2D eigenvalue weighted by atomic mass is 16.6. The molecule has 2 rings (SSSR count). The number of hydrogen-bond donors (Lipinski definition) is 4. The Kier molecular flexibility index (Phi) is 5.17. The van der Waals surface area contributed by atoms with Crippen LogP contribution in [0.15, 0.2) is 15.8 Å². The number of aliphatic hydroxyl groups is 2. The average molecular weight is 313 g/mol. The molecule has 0 spiro atoms. The van der Waals surface area contributed by atoms with Gasteiger partial charge in [0.2, 0.25) is 0 Å². The predicted molar refractivity (Wildman–Crippen MR) is 79.2 cm³/mol. The second-order valence-corrected chi connectivity index (χ2v) is 5.82. The number of ether oxygens (including phenoxy) is 1. The summed E-state index contributed by atoms with van der Waals surface area (Å²) in [5.41, 5.74) is 4.39. The molecule has 8 heteroatoms. The molecule has 1 aliphatic heterocycles. The van der Waals surface area contributed by atoms with E-state index in [-0.39, 0.29) is 12.1 Å². The Hall–Kier alpha value is -1.48. The number of nitrogens with zero attached hydrogens (tertiary/aromatic N) is 1. The van der Waals surface area contributed by atoms with Gasteiger partial charge in [-0.2, -0.15) is 0 Å². The van der Waals surface area contributed by atoms with Crippen LogP contribution < -0.4 is 17.0 Å². The largest absolute Gasteiger partial charge is 0.388 e. The van der Waals surface area contributed by atoms with Crippen LogP contribution in [-0.4, -0.2) is 38.1 Å². The number of hydrogen-bond acceptors (Lipinski definition) is 6. The fourth-order valence-corrected chi connectivity index (χ4v) is 2.58. The maximum Gasteiger partial charge on any atom is 0.330 e. The topological polar surface area (TPSA) is 131 Å². The van der Waals surface area contributed by atoms with E-state index in [0.717, 1.165) is 11.0 Å². The minimum atomic E-state index is -1.25. The molecule has 22 heavy (non-hydrogen) atoms. The van der Waals surface area contributed by atoms with Gasteiger partial charge in [-0.25, -0.2) is 4.79 Å². The first-order valence-corrected chi connectivity index (χ1v) is 7.45. The van der Waals surface area contributed by atoms with Crippen molar-refractivity contribution in [1.29, 1.82) is 0 Å². The Morgan fingerprint density at radius 1 is 1.41 bits per heavy atom. The van der Waals surface area contributed by atoms with Gasteiger partial charge in [-0.15, -0.1) is 0 Å². The van der Waals surface area contributed by atoms with Crippen molar-refractivity contribution in [2.24, 2.45) is 11.7 Å². The molecule has 1 aromatic rings. The molecule has 0 bridgehead atoms. The number of nitrogens with one attached hydrogen (secondary N) is 1. The van der Waals surface area contributed by atoms with E-state index in [1.165, 1.54) is 6.20 Å². The van der Waals surface area contributed by atoms with Gasteiger partial charge in [0.15, 0.2) is 6.23 Å². The summed E-state index contributed by atoms with van der Waals surface area (Å²) in [7, 11) is 0. The summed E-state index contributed by atoms with van der Waals surface area (Å²) in [6.07, 6.45) is -1.17. The summed E-state index contributed by atoms with van der Waals surface area (Å²) in [4.78, 5) is 25.6. The van der Waals surface area contributed by atoms with Gasteiger partial charge in [-0.1, -0.05) is 20.3 Å². The second-order valence-electron chi connectivity index (χ2n) is 5.82. The van der Waals surface area contributed by atoms with Crippen molar-refractivity contribution in [3.63, 3.8) is 0 Å². The molecule has 5 N–H and O–H groups in total. The van der Waals surface area contributed by atoms with E-state index in [1.54, 1.807) is 0 Å². The van der Waals surface area contributed by atoms with Crippen LogP contribution in [0.25, 0.3) is 0 Å². The summed E-state index contributed by atoms with van der Waals surface area (Å²) in [5.74, 6) is 0.317. The molecule has 0 aliphatic carbocycles. The van der Waals surface area contributed by atoms with Crippen molar-refractivity contribution in [3.8, 4) is 0 Å². The normalized spacial score (nSPS) is 29.7. The molecule has 2 heterocycles. The maximum absolute atomic E-state index is 11.9. The van der Waals surface area contributed by atoms with Crippen LogP contribution >= 0.6 is 0 Å². The van der Waals surface area contributed by atoms with Gasteiger partial charge in [-0.05, 0) is 12.3 Å². The van der Waals surface area contributed by atoms with Crippen molar-refractivity contribution in [3.05, 3.63) is 32.6 Å². The summed E-state index contributed by atoms with van der Waals surface area (Å²) in [6, 6.07) is 0. The van der Waals surface area contributed by atoms with Crippen molar-refractivity contribution in [1.82, 2.24) is 9.55 Å². The Balaban J connectivity index is 2.30. The third kappa shape index (κ3) is 3.14. The Bertz CT molecular complexity index is 626. The van der Waals surface area contributed by atoms with E-state index in [2.05, 4.69) is 4.98 Å². The zero-order valence-corrected chi connectivity index (χ0v) is 12.7. The fourth-order valence-electron chi connectivity index (χ4n) is 2.58. The molecule has 5 atom stereocenters. The number of rotatable bonds is 5. The highest BCUT2D eigenvalue weighted by Crippen LogP contribution is 2.32. The molecule has 124 valence electrons. The van der Waals surface area contributed by atoms with Gasteiger partial charge in [0.1, 0.15) is 12.2 Å². The number of H-pyrrole nitrogens is 1. The van der Waals surface area contributed by atoms with E-state index in [1.807, 2.05) is 13.8 Å². The molecule has 1 aliphatic rings. The standard InChI is InChI=1S/C14H23N3O5/c1-3-7(2)4-9-10(18)11(19)13(22-9)17-6-8(5-15)12(20)16-14(17)21/h6-7,9-11,13,18-19H,3-5,15H2,1-2H3,(H,16,20,21)/t7?,9-,10-,11-,13-/m1/s1. The molecule has 1 saturated heterocycles. The Morgan fingerprint density at radius 3 is 2.68 bits per heavy atom. The van der Waals surface area contributed by atoms with Crippen LogP contribution in [0.1, 0.15) is 38.5 Å². The maximum atomic E-state index is 11.9. The third-order valence-electron chi connectivity index (χ3n) is 4.20. The number of aromatic nitrogens is 2. The number of nitrogens with two attached hydrogens (primary N) is 1. The van der Waals surface area contributed by atoms with Gasteiger partial charge in [0.25, 0.3) is 5.56 Å². The first kappa shape index (κ1) is 16.9. The molecule has 0 amide bonds. The quantitative estimate of drug-likeness (QED) is 0.554. The summed E-state index contributed by atoms with van der Waals surface area (Å²) in [5, 5.41) is 20.3. The van der Waals surface area contributed by atoms with Gasteiger partial charge in [-0.3, -0.25) is 14.3 Å². The van der Waals surface area contributed by atoms with Crippen molar-refractivity contribution in [2.45, 2.75) is 57.8 Å². The van der Waals surface area contributed by atoms with Crippen molar-refractivity contribution < 1.29 is 14.9 Å². The molecule has 1 unspecified atom stereocenters. The lowest BCUT2D eigenvalue weighted by atomic mass is 9.97. The molecule has 1 fully saturated rings. The number of aromatic amines is 1. The SMILES string of the molecule is CCC(C)C[C@H]1O[C@@H](n2cc(CN)c(=O)[nH]c2=O)[C@H](O)[C@@H]1O. The van der Waals surface area contributed by atoms with E-state index < -0.39 is 35.8 Å². The van der Waals surface area contributed by atoms with E-state index in [9.17, 15) is 19.8 Å². The second kappa shape index (κ2) is 6.74. The molecule has 0 saturated carbocycles. The average Bonchev–Trinajstić information content (AvgIpc) is 2.76. The van der Waals surface area contributed by atoms with E-state index in [4.69, 9.17) is 10.5 Å². The molecular weight excluding hydrogens is 290 g/mol. The van der Waals surface area contributed by atoms with Gasteiger partial charge in [0.05, 0.1) is 6.10 Å². The smallest absolute Gasteiger partial charge is 0.330 e. The lowest BCUT2D eigenvalue weighted by Gasteiger charge is -2.18. The first-order chi connectivity index (χ1) is 10.4. The van der Waals surface area contributed by atoms with E-state index >= 15 is 0 Å². The van der Waals surface area contributed by atoms with Gasteiger partial charge < -0.3 is 20.7 Å². The van der Waals surface area contributed by atoms with Crippen LogP contribution in [0.3, 0.4) is 0 Å². The summed E-state index contributed by atoms with van der Waals surface area (Å²) < 4.78 is 6.74. The highest BCUT2D eigenvalue weighted by molar-refractivity contribution is 5.05. The predicted octanol–water partition coefficient (Wildman–Crippen LogP) is -0.949.